The Hall–Kier alpha value is -1.41. The molecule has 1 nitrogen and oxygen atoms in total. The van der Waals surface area contributed by atoms with Crippen LogP contribution in [0.5, 0.6) is 0 Å². The number of rotatable bonds is 1. The van der Waals surface area contributed by atoms with Crippen molar-refractivity contribution in [2.45, 2.75) is 4.90 Å². The van der Waals surface area contributed by atoms with Crippen LogP contribution < -0.4 is 0 Å². The van der Waals surface area contributed by atoms with Crippen molar-refractivity contribution in [2.75, 3.05) is 0 Å². The van der Waals surface area contributed by atoms with Crippen molar-refractivity contribution in [3.05, 3.63) is 59.8 Å². The molecule has 1 aromatic heterocycles. The van der Waals surface area contributed by atoms with Gasteiger partial charge < -0.3 is 3.97 Å². The molecule has 1 aliphatic heterocycles. The van der Waals surface area contributed by atoms with Gasteiger partial charge in [0.05, 0.1) is 0 Å². The van der Waals surface area contributed by atoms with Gasteiger partial charge in [-0.25, -0.2) is 0 Å². The summed E-state index contributed by atoms with van der Waals surface area (Å²) >= 11 is -0.283. The van der Waals surface area contributed by atoms with Crippen LogP contribution in [0.1, 0.15) is 5.56 Å². The molecule has 70 valence electrons. The van der Waals surface area contributed by atoms with Crippen molar-refractivity contribution in [3.8, 4) is 0 Å². The van der Waals surface area contributed by atoms with Gasteiger partial charge in [-0.2, -0.15) is 0 Å². The maximum Gasteiger partial charge on any atom is 0.0156 e. The number of hydrogen-bond acceptors (Lipinski definition) is 0. The van der Waals surface area contributed by atoms with Gasteiger partial charge in [0, 0.05) is 17.3 Å². The molecule has 0 saturated heterocycles. The lowest BCUT2D eigenvalue weighted by atomic mass is 10.2. The predicted octanol–water partition coefficient (Wildman–Crippen LogP) is 3.30. The van der Waals surface area contributed by atoms with Crippen LogP contribution in [0.2, 0.25) is 0 Å². The molecule has 0 fully saturated rings. The third-order valence-electron chi connectivity index (χ3n) is 2.42. The lowest BCUT2D eigenvalue weighted by Gasteiger charge is -2.17. The molecule has 1 atom stereocenters. The molecule has 14 heavy (non-hydrogen) atoms. The minimum Gasteiger partial charge on any atom is -0.313 e. The molecular weight excluding hydrogens is 190 g/mol. The van der Waals surface area contributed by atoms with E-state index in [9.17, 15) is 0 Å². The molecule has 1 unspecified atom stereocenters. The summed E-state index contributed by atoms with van der Waals surface area (Å²) in [5, 5.41) is 2.31. The van der Waals surface area contributed by atoms with E-state index in [4.69, 9.17) is 0 Å². The summed E-state index contributed by atoms with van der Waals surface area (Å²) in [6, 6.07) is 12.8. The third-order valence-corrected chi connectivity index (χ3v) is 4.51. The largest absolute Gasteiger partial charge is 0.313 e. The first kappa shape index (κ1) is 7.94. The first-order chi connectivity index (χ1) is 6.95. The molecule has 0 amide bonds. The van der Waals surface area contributed by atoms with E-state index in [0.29, 0.717) is 0 Å². The second kappa shape index (κ2) is 3.07. The highest BCUT2D eigenvalue weighted by Crippen LogP contribution is 2.46. The highest BCUT2D eigenvalue weighted by molar-refractivity contribution is 8.18. The Labute approximate surface area is 86.2 Å². The molecule has 2 heterocycles. The molecular formula is C12H11NS. The predicted molar refractivity (Wildman–Crippen MR) is 62.6 cm³/mol. The van der Waals surface area contributed by atoms with E-state index in [-0.39, 0.29) is 11.1 Å². The van der Waals surface area contributed by atoms with Crippen LogP contribution in [-0.4, -0.2) is 3.97 Å². The first-order valence-electron chi connectivity index (χ1n) is 4.65. The number of nitrogens with zero attached hydrogens (tertiary/aromatic N) is 1. The Morgan fingerprint density at radius 2 is 1.71 bits per heavy atom. The van der Waals surface area contributed by atoms with Gasteiger partial charge in [-0.3, -0.25) is 0 Å². The molecule has 3 rings (SSSR count). The highest BCUT2D eigenvalue weighted by Gasteiger charge is 2.13. The van der Waals surface area contributed by atoms with Crippen LogP contribution in [0, 0.1) is 0 Å². The molecule has 0 spiro atoms. The topological polar surface area (TPSA) is 4.93 Å². The summed E-state index contributed by atoms with van der Waals surface area (Å²) in [5.74, 6) is 0. The Morgan fingerprint density at radius 1 is 0.929 bits per heavy atom. The van der Waals surface area contributed by atoms with E-state index < -0.39 is 0 Å². The molecule has 0 radical (unpaired) electrons. The lowest BCUT2D eigenvalue weighted by Crippen LogP contribution is -1.88. The fourth-order valence-electron chi connectivity index (χ4n) is 1.74. The first-order valence-corrected chi connectivity index (χ1v) is 6.01. The van der Waals surface area contributed by atoms with Crippen molar-refractivity contribution < 1.29 is 0 Å². The van der Waals surface area contributed by atoms with Crippen LogP contribution in [-0.2, 0) is 0 Å². The molecule has 0 N–H and O–H groups in total. The molecule has 1 aromatic carbocycles. The van der Waals surface area contributed by atoms with Gasteiger partial charge in [0.2, 0.25) is 0 Å². The molecule has 0 aliphatic carbocycles. The van der Waals surface area contributed by atoms with Crippen LogP contribution in [0.3, 0.4) is 0 Å². The quantitative estimate of drug-likeness (QED) is 0.675. The summed E-state index contributed by atoms with van der Waals surface area (Å²) in [4.78, 5) is 1.46. The van der Waals surface area contributed by atoms with E-state index in [1.807, 2.05) is 0 Å². The maximum absolute atomic E-state index is 2.31. The zero-order chi connectivity index (χ0) is 9.38. The molecule has 0 bridgehead atoms. The van der Waals surface area contributed by atoms with Crippen LogP contribution in [0.15, 0.2) is 59.1 Å². The van der Waals surface area contributed by atoms with Crippen LogP contribution >= 0.6 is 11.1 Å². The van der Waals surface area contributed by atoms with Crippen LogP contribution in [0.25, 0.3) is 6.08 Å². The number of thiol groups is 1. The monoisotopic (exact) mass is 201 g/mol. The maximum atomic E-state index is 2.31. The average Bonchev–Trinajstić information content (AvgIpc) is 2.85. The van der Waals surface area contributed by atoms with Crippen molar-refractivity contribution in [1.82, 2.24) is 3.97 Å². The van der Waals surface area contributed by atoms with Crippen molar-refractivity contribution in [3.63, 3.8) is 0 Å². The fourth-order valence-corrected chi connectivity index (χ4v) is 3.70. The van der Waals surface area contributed by atoms with E-state index >= 15 is 0 Å². The van der Waals surface area contributed by atoms with Crippen molar-refractivity contribution >= 4 is 17.2 Å². The molecule has 2 heteroatoms. The van der Waals surface area contributed by atoms with Gasteiger partial charge in [-0.15, -0.1) is 11.1 Å². The summed E-state index contributed by atoms with van der Waals surface area (Å²) in [6.07, 6.45) is 6.50. The summed E-state index contributed by atoms with van der Waals surface area (Å²) in [5.41, 5.74) is 1.37. The smallest absolute Gasteiger partial charge is 0.0156 e. The van der Waals surface area contributed by atoms with Crippen LogP contribution in [0.4, 0.5) is 0 Å². The van der Waals surface area contributed by atoms with Gasteiger partial charge in [0.1, 0.15) is 0 Å². The van der Waals surface area contributed by atoms with Gasteiger partial charge in [0.15, 0.2) is 0 Å². The zero-order valence-electron chi connectivity index (χ0n) is 7.67. The van der Waals surface area contributed by atoms with Gasteiger partial charge >= 0.3 is 0 Å². The Balaban J connectivity index is 2.11. The fraction of sp³-hybridized carbons (Fsp3) is 0. The molecule has 1 aliphatic rings. The number of hydrogen-bond donors (Lipinski definition) is 1. The van der Waals surface area contributed by atoms with Gasteiger partial charge in [-0.05, 0) is 35.2 Å². The molecule has 0 saturated carbocycles. The third kappa shape index (κ3) is 1.11. The highest BCUT2D eigenvalue weighted by atomic mass is 32.2. The van der Waals surface area contributed by atoms with Crippen molar-refractivity contribution in [2.24, 2.45) is 0 Å². The van der Waals surface area contributed by atoms with E-state index in [2.05, 4.69) is 64.2 Å². The summed E-state index contributed by atoms with van der Waals surface area (Å²) in [6.45, 7) is 0. The molecule has 2 aromatic rings. The second-order valence-corrected chi connectivity index (χ2v) is 5.21. The van der Waals surface area contributed by atoms with E-state index in [1.54, 1.807) is 0 Å². The standard InChI is InChI=1S/C12H11NS/c1-2-6-12-11(5-1)7-10-14(12)13-8-3-4-9-13/h1-10,14H. The van der Waals surface area contributed by atoms with Crippen molar-refractivity contribution in [1.29, 1.82) is 0 Å². The van der Waals surface area contributed by atoms with Gasteiger partial charge in [0.25, 0.3) is 0 Å². The lowest BCUT2D eigenvalue weighted by molar-refractivity contribution is 1.25. The van der Waals surface area contributed by atoms with E-state index in [1.165, 1.54) is 10.5 Å². The summed E-state index contributed by atoms with van der Waals surface area (Å²) in [7, 11) is 0. The Bertz CT molecular complexity index is 471. The average molecular weight is 201 g/mol. The second-order valence-electron chi connectivity index (χ2n) is 3.28. The minimum absolute atomic E-state index is 0.283. The summed E-state index contributed by atoms with van der Waals surface area (Å²) < 4.78 is 2.29. The normalized spacial score (nSPS) is 21.0. The number of fused-ring (bicyclic) bond motifs is 1. The minimum atomic E-state index is -0.283. The Kier molecular flexibility index (Phi) is 1.74. The van der Waals surface area contributed by atoms with Gasteiger partial charge in [-0.1, -0.05) is 18.2 Å². The SMILES string of the molecule is C1=C[SH](n2cccc2)c2ccccc21. The number of benzene rings is 1. The Morgan fingerprint density at radius 3 is 2.57 bits per heavy atom. The zero-order valence-corrected chi connectivity index (χ0v) is 8.56. The van der Waals surface area contributed by atoms with E-state index in [0.717, 1.165) is 0 Å². The number of aromatic nitrogens is 1.